The molecule has 2 rings (SSSR count). The summed E-state index contributed by atoms with van der Waals surface area (Å²) in [5.74, 6) is -4.00. The predicted molar refractivity (Wildman–Crippen MR) is 103 cm³/mol. The maximum Gasteiger partial charge on any atom is 0.321 e. The van der Waals surface area contributed by atoms with Crippen LogP contribution in [0, 0.1) is 11.6 Å². The normalized spacial score (nSPS) is 12.5. The molecule has 2 aromatic carbocycles. The summed E-state index contributed by atoms with van der Waals surface area (Å²) in [6.07, 6.45) is -0.0713. The molecule has 0 aromatic heterocycles. The Kier molecular flexibility index (Phi) is 7.57. The minimum Gasteiger partial charge on any atom is -0.452 e. The van der Waals surface area contributed by atoms with Crippen molar-refractivity contribution in [3.8, 4) is 0 Å². The standard InChI is InChI=1S/C19H18F2N2O5S/c1-13(19(25)23-18-15(20)8-5-9-16(18)21)28-17(24)12-22-29(26,27)11-10-14-6-3-2-4-7-14/h2-11,13,22H,12H2,1H3,(H,23,25)/b11-10+. The summed E-state index contributed by atoms with van der Waals surface area (Å²) in [6.45, 7) is 0.447. The van der Waals surface area contributed by atoms with Crippen LogP contribution in [-0.4, -0.2) is 32.9 Å². The van der Waals surface area contributed by atoms with Crippen LogP contribution in [0.1, 0.15) is 12.5 Å². The van der Waals surface area contributed by atoms with E-state index < -0.39 is 51.9 Å². The van der Waals surface area contributed by atoms with Crippen molar-refractivity contribution in [2.24, 2.45) is 0 Å². The van der Waals surface area contributed by atoms with Crippen molar-refractivity contribution < 1.29 is 31.5 Å². The van der Waals surface area contributed by atoms with Crippen LogP contribution < -0.4 is 10.0 Å². The minimum absolute atomic E-state index is 0.645. The van der Waals surface area contributed by atoms with Gasteiger partial charge in [-0.2, -0.15) is 0 Å². The number of hydrogen-bond acceptors (Lipinski definition) is 5. The molecule has 10 heteroatoms. The van der Waals surface area contributed by atoms with Gasteiger partial charge in [0, 0.05) is 5.41 Å². The van der Waals surface area contributed by atoms with Crippen molar-refractivity contribution in [1.82, 2.24) is 4.72 Å². The number of rotatable bonds is 8. The molecule has 1 amide bonds. The summed E-state index contributed by atoms with van der Waals surface area (Å²) in [7, 11) is -3.92. The average Bonchev–Trinajstić information content (AvgIpc) is 2.68. The summed E-state index contributed by atoms with van der Waals surface area (Å²) < 4.78 is 57.6. The van der Waals surface area contributed by atoms with E-state index in [0.29, 0.717) is 5.56 Å². The molecule has 0 bridgehead atoms. The Bertz CT molecular complexity index is 990. The average molecular weight is 424 g/mol. The molecule has 0 aliphatic rings. The van der Waals surface area contributed by atoms with Crippen LogP contribution in [0.4, 0.5) is 14.5 Å². The van der Waals surface area contributed by atoms with E-state index >= 15 is 0 Å². The Morgan fingerprint density at radius 3 is 2.31 bits per heavy atom. The molecule has 1 unspecified atom stereocenters. The summed E-state index contributed by atoms with van der Waals surface area (Å²) >= 11 is 0. The van der Waals surface area contributed by atoms with Gasteiger partial charge in [-0.25, -0.2) is 21.9 Å². The highest BCUT2D eigenvalue weighted by Gasteiger charge is 2.21. The zero-order valence-electron chi connectivity index (χ0n) is 15.3. The van der Waals surface area contributed by atoms with E-state index in [1.165, 1.54) is 13.0 Å². The number of anilines is 1. The molecular weight excluding hydrogens is 406 g/mol. The van der Waals surface area contributed by atoms with Crippen molar-refractivity contribution >= 4 is 33.7 Å². The molecule has 7 nitrogen and oxygen atoms in total. The number of halogens is 2. The molecule has 2 aromatic rings. The van der Waals surface area contributed by atoms with Gasteiger partial charge in [-0.1, -0.05) is 36.4 Å². The largest absolute Gasteiger partial charge is 0.452 e. The first-order chi connectivity index (χ1) is 13.7. The zero-order valence-corrected chi connectivity index (χ0v) is 16.1. The third-order valence-electron chi connectivity index (χ3n) is 3.55. The van der Waals surface area contributed by atoms with Gasteiger partial charge < -0.3 is 10.1 Å². The van der Waals surface area contributed by atoms with Crippen molar-refractivity contribution in [2.45, 2.75) is 13.0 Å². The number of ether oxygens (including phenoxy) is 1. The molecule has 2 N–H and O–H groups in total. The first kappa shape index (κ1) is 22.2. The molecule has 0 aliphatic heterocycles. The van der Waals surface area contributed by atoms with Gasteiger partial charge >= 0.3 is 5.97 Å². The van der Waals surface area contributed by atoms with E-state index in [2.05, 4.69) is 0 Å². The predicted octanol–water partition coefficient (Wildman–Crippen LogP) is 2.43. The summed E-state index contributed by atoms with van der Waals surface area (Å²) in [4.78, 5) is 23.7. The highest BCUT2D eigenvalue weighted by Crippen LogP contribution is 2.18. The van der Waals surface area contributed by atoms with Crippen LogP contribution in [0.15, 0.2) is 53.9 Å². The Morgan fingerprint density at radius 1 is 1.07 bits per heavy atom. The van der Waals surface area contributed by atoms with Crippen LogP contribution in [0.2, 0.25) is 0 Å². The van der Waals surface area contributed by atoms with Crippen molar-refractivity contribution in [1.29, 1.82) is 0 Å². The summed E-state index contributed by atoms with van der Waals surface area (Å²) in [5, 5.41) is 2.86. The second-order valence-corrected chi connectivity index (χ2v) is 7.45. The highest BCUT2D eigenvalue weighted by atomic mass is 32.2. The van der Waals surface area contributed by atoms with Crippen LogP contribution in [-0.2, 0) is 24.3 Å². The summed E-state index contributed by atoms with van der Waals surface area (Å²) in [5.41, 5.74) is -0.0294. The molecule has 29 heavy (non-hydrogen) atoms. The first-order valence-corrected chi connectivity index (χ1v) is 9.90. The molecule has 0 radical (unpaired) electrons. The molecular formula is C19H18F2N2O5S. The number of sulfonamides is 1. The Labute approximate surface area is 166 Å². The number of hydrogen-bond donors (Lipinski definition) is 2. The van der Waals surface area contributed by atoms with E-state index in [0.717, 1.165) is 23.6 Å². The molecule has 0 spiro atoms. The fraction of sp³-hybridized carbons (Fsp3) is 0.158. The van der Waals surface area contributed by atoms with Crippen LogP contribution in [0.5, 0.6) is 0 Å². The van der Waals surface area contributed by atoms with E-state index in [1.807, 2.05) is 10.0 Å². The number of para-hydroxylation sites is 1. The SMILES string of the molecule is CC(OC(=O)CNS(=O)(=O)/C=C/c1ccccc1)C(=O)Nc1c(F)cccc1F. The number of nitrogens with one attached hydrogen (secondary N) is 2. The maximum absolute atomic E-state index is 13.5. The number of amides is 1. The second kappa shape index (κ2) is 9.89. The molecule has 0 aliphatic carbocycles. The Balaban J connectivity index is 1.86. The fourth-order valence-corrected chi connectivity index (χ4v) is 2.83. The van der Waals surface area contributed by atoms with E-state index in [9.17, 15) is 26.8 Å². The van der Waals surface area contributed by atoms with Crippen molar-refractivity contribution in [3.05, 3.63) is 71.1 Å². The van der Waals surface area contributed by atoms with Gasteiger partial charge in [-0.3, -0.25) is 9.59 Å². The number of esters is 1. The second-order valence-electron chi connectivity index (χ2n) is 5.80. The molecule has 0 saturated heterocycles. The molecule has 0 heterocycles. The minimum atomic E-state index is -3.92. The van der Waals surface area contributed by atoms with Crippen LogP contribution in [0.25, 0.3) is 6.08 Å². The monoisotopic (exact) mass is 424 g/mol. The Hall–Kier alpha value is -3.11. The zero-order chi connectivity index (χ0) is 21.4. The number of carbonyl (C=O) groups excluding carboxylic acids is 2. The maximum atomic E-state index is 13.5. The Morgan fingerprint density at radius 2 is 1.69 bits per heavy atom. The lowest BCUT2D eigenvalue weighted by atomic mass is 10.2. The number of benzene rings is 2. The third-order valence-corrected chi connectivity index (χ3v) is 4.59. The quantitative estimate of drug-likeness (QED) is 0.634. The van der Waals surface area contributed by atoms with Gasteiger partial charge in [0.25, 0.3) is 5.91 Å². The molecule has 0 saturated carbocycles. The van der Waals surface area contributed by atoms with Gasteiger partial charge in [-0.05, 0) is 30.7 Å². The van der Waals surface area contributed by atoms with Crippen molar-refractivity contribution in [3.63, 3.8) is 0 Å². The van der Waals surface area contributed by atoms with Gasteiger partial charge in [0.05, 0.1) is 0 Å². The number of carbonyl (C=O) groups is 2. The smallest absolute Gasteiger partial charge is 0.321 e. The summed E-state index contributed by atoms with van der Waals surface area (Å²) in [6, 6.07) is 11.7. The lowest BCUT2D eigenvalue weighted by Crippen LogP contribution is -2.35. The fourth-order valence-electron chi connectivity index (χ4n) is 2.07. The van der Waals surface area contributed by atoms with E-state index in [1.54, 1.807) is 30.3 Å². The third kappa shape index (κ3) is 7.09. The van der Waals surface area contributed by atoms with Gasteiger partial charge in [-0.15, -0.1) is 0 Å². The lowest BCUT2D eigenvalue weighted by Gasteiger charge is -2.14. The van der Waals surface area contributed by atoms with Gasteiger partial charge in [0.2, 0.25) is 10.0 Å². The van der Waals surface area contributed by atoms with Gasteiger partial charge in [0.1, 0.15) is 23.9 Å². The van der Waals surface area contributed by atoms with Crippen LogP contribution in [0.3, 0.4) is 0 Å². The highest BCUT2D eigenvalue weighted by molar-refractivity contribution is 7.92. The van der Waals surface area contributed by atoms with Crippen molar-refractivity contribution in [2.75, 3.05) is 11.9 Å². The molecule has 0 fully saturated rings. The molecule has 154 valence electrons. The van der Waals surface area contributed by atoms with E-state index in [-0.39, 0.29) is 0 Å². The van der Waals surface area contributed by atoms with Gasteiger partial charge in [0.15, 0.2) is 6.10 Å². The topological polar surface area (TPSA) is 102 Å². The molecule has 1 atom stereocenters. The van der Waals surface area contributed by atoms with E-state index in [4.69, 9.17) is 4.74 Å². The van der Waals surface area contributed by atoms with Crippen LogP contribution >= 0.6 is 0 Å². The first-order valence-electron chi connectivity index (χ1n) is 8.35. The lowest BCUT2D eigenvalue weighted by molar-refractivity contribution is -0.151.